The fourth-order valence-corrected chi connectivity index (χ4v) is 9.42. The molecule has 6 aromatic rings. The number of hydrogen-bond donors (Lipinski definition) is 5. The first-order valence-electron chi connectivity index (χ1n) is 20.9. The van der Waals surface area contributed by atoms with Crippen molar-refractivity contribution in [3.63, 3.8) is 0 Å². The van der Waals surface area contributed by atoms with Crippen molar-refractivity contribution in [2.75, 3.05) is 6.54 Å². The van der Waals surface area contributed by atoms with Crippen LogP contribution in [0.3, 0.4) is 0 Å². The summed E-state index contributed by atoms with van der Waals surface area (Å²) in [5.74, 6) is -7.05. The zero-order chi connectivity index (χ0) is 48.6. The Morgan fingerprint density at radius 1 is 1.01 bits per heavy atom. The average Bonchev–Trinajstić information content (AvgIpc) is 3.88. The molecule has 2 atom stereocenters. The van der Waals surface area contributed by atoms with E-state index in [1.807, 2.05) is 13.8 Å². The number of nitrogens with zero attached hydrogens (tertiary/aromatic N) is 3. The Hall–Kier alpha value is -7.45. The van der Waals surface area contributed by atoms with Crippen molar-refractivity contribution in [3.05, 3.63) is 115 Å². The van der Waals surface area contributed by atoms with Crippen molar-refractivity contribution in [3.8, 4) is 45.3 Å². The number of rotatable bonds is 7. The van der Waals surface area contributed by atoms with Crippen LogP contribution in [0.5, 0.6) is 11.5 Å². The molecule has 16 nitrogen and oxygen atoms in total. The van der Waals surface area contributed by atoms with Crippen molar-refractivity contribution in [1.29, 1.82) is 0 Å². The highest BCUT2D eigenvalue weighted by Gasteiger charge is 2.50. The maximum Gasteiger partial charge on any atom is 0.490 e. The molecule has 3 aromatic heterocycles. The predicted molar refractivity (Wildman–Crippen MR) is 229 cm³/mol. The van der Waals surface area contributed by atoms with Gasteiger partial charge in [-0.25, -0.2) is 19.0 Å². The molecular formula is C47H41F4N5O11. The number of phenols is 2. The topological polar surface area (TPSA) is 260 Å². The van der Waals surface area contributed by atoms with Gasteiger partial charge in [0.15, 0.2) is 11.5 Å². The van der Waals surface area contributed by atoms with Crippen molar-refractivity contribution >= 4 is 34.8 Å². The summed E-state index contributed by atoms with van der Waals surface area (Å²) in [6.45, 7) is 6.40. The van der Waals surface area contributed by atoms with Crippen LogP contribution in [0.15, 0.2) is 57.8 Å². The Balaban J connectivity index is 0.000000807. The van der Waals surface area contributed by atoms with Crippen molar-refractivity contribution in [2.45, 2.75) is 83.7 Å². The molecule has 0 spiro atoms. The predicted octanol–water partition coefficient (Wildman–Crippen LogP) is 6.70. The van der Waals surface area contributed by atoms with Gasteiger partial charge in [0.2, 0.25) is 0 Å². The quantitative estimate of drug-likeness (QED) is 0.0633. The molecule has 0 amide bonds. The minimum Gasteiger partial charge on any atom is -0.508 e. The number of aromatic hydroxyl groups is 2. The third kappa shape index (κ3) is 7.36. The molecule has 0 unspecified atom stereocenters. The highest BCUT2D eigenvalue weighted by atomic mass is 19.4. The SMILES string of the molecule is CC[C@@]1(c2ccccc2-c2c(C(=O)OC(=O)CN)noc2-c2cc(C(C)C)c(O)cc2O)C(=O)OCc2c1cc1n(c2=O)Cc2c-1nc1cc(F)c(C)c3c1c2[C@H](N)CC3.O=C(O)C(F)(F)F. The second-order valence-electron chi connectivity index (χ2n) is 16.6. The fraction of sp³-hybridized carbons (Fsp3) is 0.298. The molecule has 20 heteroatoms. The molecule has 348 valence electrons. The first-order chi connectivity index (χ1) is 31.7. The molecule has 7 N–H and O–H groups in total. The highest BCUT2D eigenvalue weighted by molar-refractivity contribution is 6.05. The van der Waals surface area contributed by atoms with Crippen LogP contribution in [-0.2, 0) is 48.8 Å². The third-order valence-corrected chi connectivity index (χ3v) is 12.6. The molecule has 3 aromatic carbocycles. The molecule has 0 bridgehead atoms. The number of carboxylic acids is 1. The minimum atomic E-state index is -5.08. The lowest BCUT2D eigenvalue weighted by Crippen LogP contribution is -2.45. The van der Waals surface area contributed by atoms with E-state index in [2.05, 4.69) is 5.16 Å². The van der Waals surface area contributed by atoms with Crippen molar-refractivity contribution in [1.82, 2.24) is 14.7 Å². The molecule has 3 aliphatic rings. The monoisotopic (exact) mass is 927 g/mol. The van der Waals surface area contributed by atoms with Gasteiger partial charge in [0.05, 0.1) is 46.7 Å². The normalized spacial score (nSPS) is 17.0. The molecule has 1 aliphatic carbocycles. The smallest absolute Gasteiger partial charge is 0.490 e. The van der Waals surface area contributed by atoms with E-state index >= 15 is 4.39 Å². The number of aromatic nitrogens is 3. The van der Waals surface area contributed by atoms with Gasteiger partial charge in [-0.3, -0.25) is 14.4 Å². The first-order valence-corrected chi connectivity index (χ1v) is 20.9. The van der Waals surface area contributed by atoms with E-state index < -0.39 is 59.0 Å². The Labute approximate surface area is 376 Å². The summed E-state index contributed by atoms with van der Waals surface area (Å²) in [4.78, 5) is 69.2. The number of alkyl halides is 3. The van der Waals surface area contributed by atoms with E-state index in [4.69, 9.17) is 40.3 Å². The highest BCUT2D eigenvalue weighted by Crippen LogP contribution is 2.51. The molecular weight excluding hydrogens is 887 g/mol. The fourth-order valence-electron chi connectivity index (χ4n) is 9.42. The van der Waals surface area contributed by atoms with Crippen LogP contribution in [0.2, 0.25) is 0 Å². The number of aryl methyl sites for hydroxylation is 1. The zero-order valence-electron chi connectivity index (χ0n) is 36.1. The number of benzene rings is 3. The molecule has 2 aliphatic heterocycles. The number of fused-ring (bicyclic) bond motifs is 5. The molecule has 0 fully saturated rings. The summed E-state index contributed by atoms with van der Waals surface area (Å²) in [5, 5.41) is 33.9. The first kappa shape index (κ1) is 46.1. The number of phenolic OH excluding ortho intramolecular Hbond substituents is 2. The molecule has 9 rings (SSSR count). The Morgan fingerprint density at radius 3 is 2.37 bits per heavy atom. The van der Waals surface area contributed by atoms with Crippen LogP contribution < -0.4 is 17.0 Å². The second kappa shape index (κ2) is 16.8. The van der Waals surface area contributed by atoms with Gasteiger partial charge in [-0.05, 0) is 83.2 Å². The lowest BCUT2D eigenvalue weighted by Gasteiger charge is -2.38. The van der Waals surface area contributed by atoms with Crippen LogP contribution in [0.25, 0.3) is 44.7 Å². The van der Waals surface area contributed by atoms with Gasteiger partial charge >= 0.3 is 30.1 Å². The third-order valence-electron chi connectivity index (χ3n) is 12.6. The number of carbonyl (C=O) groups is 4. The van der Waals surface area contributed by atoms with E-state index in [1.165, 1.54) is 12.1 Å². The number of cyclic esters (lactones) is 1. The molecule has 0 saturated heterocycles. The Morgan fingerprint density at radius 2 is 1.72 bits per heavy atom. The van der Waals surface area contributed by atoms with Gasteiger partial charge in [-0.1, -0.05) is 50.2 Å². The molecule has 0 saturated carbocycles. The van der Waals surface area contributed by atoms with Gasteiger partial charge in [0.25, 0.3) is 5.56 Å². The van der Waals surface area contributed by atoms with Crippen molar-refractivity contribution in [2.24, 2.45) is 11.5 Å². The lowest BCUT2D eigenvalue weighted by molar-refractivity contribution is -0.192. The number of pyridine rings is 2. The van der Waals surface area contributed by atoms with E-state index in [0.29, 0.717) is 46.4 Å². The molecule has 5 heterocycles. The van der Waals surface area contributed by atoms with E-state index in [9.17, 15) is 42.6 Å². The Kier molecular flexibility index (Phi) is 11.5. The zero-order valence-corrected chi connectivity index (χ0v) is 36.1. The number of hydrogen-bond acceptors (Lipinski definition) is 14. The second-order valence-corrected chi connectivity index (χ2v) is 16.6. The van der Waals surface area contributed by atoms with Crippen LogP contribution in [0.1, 0.15) is 101 Å². The van der Waals surface area contributed by atoms with Gasteiger partial charge in [0.1, 0.15) is 29.3 Å². The summed E-state index contributed by atoms with van der Waals surface area (Å²) in [7, 11) is 0. The van der Waals surface area contributed by atoms with Crippen LogP contribution in [-0.4, -0.2) is 66.6 Å². The van der Waals surface area contributed by atoms with Crippen LogP contribution >= 0.6 is 0 Å². The number of carboxylic acid groups (broad SMARTS) is 1. The number of aliphatic carboxylic acids is 1. The van der Waals surface area contributed by atoms with E-state index in [0.717, 1.165) is 28.1 Å². The van der Waals surface area contributed by atoms with Crippen LogP contribution in [0, 0.1) is 12.7 Å². The molecule has 67 heavy (non-hydrogen) atoms. The van der Waals surface area contributed by atoms with Gasteiger partial charge < -0.3 is 45.4 Å². The number of carbonyl (C=O) groups excluding carboxylic acids is 3. The number of nitrogens with two attached hydrogens (primary N) is 2. The average molecular weight is 928 g/mol. The summed E-state index contributed by atoms with van der Waals surface area (Å²) in [6, 6.07) is 12.0. The number of ether oxygens (including phenoxy) is 2. The van der Waals surface area contributed by atoms with Gasteiger partial charge in [0, 0.05) is 29.1 Å². The standard InChI is InChI=1S/C45H40FN5O9.C2HF3O2/c1-5-45(27-9-7-6-8-22(27)38-40(43(56)59-35(54)16-47)50-60-41(38)24-12-23(19(2)3)33(52)15-34(24)53)28-13-32-39-25(17-51(32)42(55)26(28)18-58-44(45)57)36-30(48)11-10-21-20(4)29(46)14-31(49-39)37(21)36;3-2(4,5)1(6)7/h6-9,12-15,19,30,52-53H,5,10-11,16-18,47-48H2,1-4H3;(H,6,7)/t30-,45+;/m1./s1. The Bertz CT molecular complexity index is 3180. The van der Waals surface area contributed by atoms with Crippen molar-refractivity contribution < 1.29 is 66.1 Å². The van der Waals surface area contributed by atoms with E-state index in [1.54, 1.807) is 48.7 Å². The summed E-state index contributed by atoms with van der Waals surface area (Å²) >= 11 is 0. The van der Waals surface area contributed by atoms with E-state index in [-0.39, 0.29) is 76.7 Å². The largest absolute Gasteiger partial charge is 0.508 e. The number of esters is 3. The van der Waals surface area contributed by atoms with Gasteiger partial charge in [-0.15, -0.1) is 0 Å². The van der Waals surface area contributed by atoms with Gasteiger partial charge in [-0.2, -0.15) is 13.2 Å². The van der Waals surface area contributed by atoms with Crippen LogP contribution in [0.4, 0.5) is 17.6 Å². The lowest BCUT2D eigenvalue weighted by atomic mass is 9.67. The maximum atomic E-state index is 15.3. The summed E-state index contributed by atoms with van der Waals surface area (Å²) in [5.41, 5.74) is 15.4. The summed E-state index contributed by atoms with van der Waals surface area (Å²) in [6.07, 6.45) is -3.85. The molecule has 0 radical (unpaired) electrons. The summed E-state index contributed by atoms with van der Waals surface area (Å²) < 4.78 is 65.3. The maximum absolute atomic E-state index is 15.3. The number of halogens is 4. The minimum absolute atomic E-state index is 0.0399.